The van der Waals surface area contributed by atoms with E-state index >= 15 is 0 Å². The van der Waals surface area contributed by atoms with E-state index in [1.165, 1.54) is 25.0 Å². The first-order valence-electron chi connectivity index (χ1n) is 15.6. The summed E-state index contributed by atoms with van der Waals surface area (Å²) < 4.78 is 50.3. The van der Waals surface area contributed by atoms with Crippen LogP contribution < -0.4 is 15.2 Å². The number of hydrogen-bond acceptors (Lipinski definition) is 6. The molecule has 4 heterocycles. The highest BCUT2D eigenvalue weighted by Crippen LogP contribution is 2.39. The van der Waals surface area contributed by atoms with E-state index in [-0.39, 0.29) is 18.7 Å². The number of fused-ring (bicyclic) bond motifs is 2. The molecule has 4 aromatic rings. The summed E-state index contributed by atoms with van der Waals surface area (Å²) in [6.45, 7) is 3.88. The van der Waals surface area contributed by atoms with Crippen LogP contribution in [0, 0.1) is 0 Å². The predicted molar refractivity (Wildman–Crippen MR) is 166 cm³/mol. The number of likely N-dealkylation sites (tertiary alicyclic amines) is 2. The quantitative estimate of drug-likeness (QED) is 0.232. The van der Waals surface area contributed by atoms with Gasteiger partial charge in [-0.25, -0.2) is 0 Å². The Morgan fingerprint density at radius 3 is 2.44 bits per heavy atom. The molecule has 7 rings (SSSR count). The number of nitrogens with zero attached hydrogens (tertiary/aromatic N) is 3. The molecule has 45 heavy (non-hydrogen) atoms. The second-order valence-corrected chi connectivity index (χ2v) is 12.2. The van der Waals surface area contributed by atoms with E-state index in [1.54, 1.807) is 0 Å². The number of carbonyl (C=O) groups is 1. The number of ether oxygens (including phenoxy) is 2. The van der Waals surface area contributed by atoms with Crippen molar-refractivity contribution in [3.8, 4) is 22.6 Å². The molecule has 0 aliphatic carbocycles. The van der Waals surface area contributed by atoms with Gasteiger partial charge in [0.2, 0.25) is 6.79 Å². The van der Waals surface area contributed by atoms with E-state index in [0.717, 1.165) is 61.3 Å². The molecule has 1 amide bonds. The van der Waals surface area contributed by atoms with Gasteiger partial charge in [-0.2, -0.15) is 13.2 Å². The van der Waals surface area contributed by atoms with Crippen LogP contribution in [0.4, 0.5) is 18.9 Å². The van der Waals surface area contributed by atoms with Crippen molar-refractivity contribution >= 4 is 22.5 Å². The van der Waals surface area contributed by atoms with Crippen LogP contribution in [0.15, 0.2) is 60.7 Å². The average molecular weight is 617 g/mol. The van der Waals surface area contributed by atoms with Crippen molar-refractivity contribution < 1.29 is 27.4 Å². The molecule has 3 aliphatic heterocycles. The lowest BCUT2D eigenvalue weighted by Crippen LogP contribution is -2.42. The van der Waals surface area contributed by atoms with E-state index in [4.69, 9.17) is 20.2 Å². The number of nitrogen functional groups attached to an aromatic ring is 1. The molecule has 7 nitrogen and oxygen atoms in total. The van der Waals surface area contributed by atoms with Crippen LogP contribution >= 0.6 is 0 Å². The summed E-state index contributed by atoms with van der Waals surface area (Å²) >= 11 is 0. The monoisotopic (exact) mass is 616 g/mol. The Balaban J connectivity index is 1.25. The fourth-order valence-corrected chi connectivity index (χ4v) is 6.80. The van der Waals surface area contributed by atoms with Crippen LogP contribution in [0.3, 0.4) is 0 Å². The van der Waals surface area contributed by atoms with Gasteiger partial charge in [-0.05, 0) is 111 Å². The molecule has 3 aromatic carbocycles. The van der Waals surface area contributed by atoms with Gasteiger partial charge >= 0.3 is 6.18 Å². The maximum absolute atomic E-state index is 14.4. The summed E-state index contributed by atoms with van der Waals surface area (Å²) in [5.41, 5.74) is 10.6. The summed E-state index contributed by atoms with van der Waals surface area (Å²) in [7, 11) is 0. The summed E-state index contributed by atoms with van der Waals surface area (Å²) in [6, 6.07) is 16.7. The molecule has 2 fully saturated rings. The molecule has 1 atom stereocenters. The van der Waals surface area contributed by atoms with Gasteiger partial charge in [-0.15, -0.1) is 0 Å². The van der Waals surface area contributed by atoms with Crippen LogP contribution in [-0.4, -0.2) is 59.7 Å². The molecule has 0 bridgehead atoms. The number of aromatic nitrogens is 1. The van der Waals surface area contributed by atoms with Gasteiger partial charge in [0.05, 0.1) is 22.3 Å². The minimum absolute atomic E-state index is 0.0397. The van der Waals surface area contributed by atoms with Gasteiger partial charge in [0.25, 0.3) is 5.91 Å². The third kappa shape index (κ3) is 6.03. The molecule has 3 aliphatic rings. The summed E-state index contributed by atoms with van der Waals surface area (Å²) in [5, 5.41) is 0.678. The number of rotatable bonds is 7. The first kappa shape index (κ1) is 29.4. The topological polar surface area (TPSA) is 80.9 Å². The van der Waals surface area contributed by atoms with E-state index in [9.17, 15) is 18.0 Å². The van der Waals surface area contributed by atoms with Crippen molar-refractivity contribution in [2.75, 3.05) is 38.7 Å². The van der Waals surface area contributed by atoms with Crippen molar-refractivity contribution in [3.63, 3.8) is 0 Å². The third-order valence-electron chi connectivity index (χ3n) is 9.19. The largest absolute Gasteiger partial charge is 0.454 e. The Bertz CT molecular complexity index is 1740. The Hall–Kier alpha value is -4.31. The minimum atomic E-state index is -4.38. The Morgan fingerprint density at radius 1 is 0.889 bits per heavy atom. The number of anilines is 1. The fraction of sp³-hybridized carbons (Fsp3) is 0.371. The molecular formula is C35H35F3N4O3. The molecule has 10 heteroatoms. The number of carbonyl (C=O) groups excluding carboxylic acids is 1. The molecule has 234 valence electrons. The molecule has 2 saturated heterocycles. The normalized spacial score (nSPS) is 18.3. The molecule has 0 saturated carbocycles. The van der Waals surface area contributed by atoms with Gasteiger partial charge in [0, 0.05) is 30.2 Å². The molecule has 0 radical (unpaired) electrons. The third-order valence-corrected chi connectivity index (χ3v) is 9.19. The van der Waals surface area contributed by atoms with E-state index < -0.39 is 11.7 Å². The molecule has 0 spiro atoms. The fourth-order valence-electron chi connectivity index (χ4n) is 6.80. The number of amides is 1. The number of aryl methyl sites for hydroxylation is 2. The maximum Gasteiger partial charge on any atom is 0.416 e. The number of benzene rings is 3. The lowest BCUT2D eigenvalue weighted by molar-refractivity contribution is -0.137. The number of pyridine rings is 1. The van der Waals surface area contributed by atoms with Crippen LogP contribution in [0.5, 0.6) is 11.5 Å². The van der Waals surface area contributed by atoms with Gasteiger partial charge in [0.15, 0.2) is 11.5 Å². The van der Waals surface area contributed by atoms with Crippen LogP contribution in [0.2, 0.25) is 0 Å². The number of nitrogens with two attached hydrogens (primary N) is 1. The summed E-state index contributed by atoms with van der Waals surface area (Å²) in [5.74, 6) is 1.30. The van der Waals surface area contributed by atoms with Crippen molar-refractivity contribution in [2.24, 2.45) is 0 Å². The minimum Gasteiger partial charge on any atom is -0.454 e. The maximum atomic E-state index is 14.4. The van der Waals surface area contributed by atoms with Crippen LogP contribution in [0.25, 0.3) is 22.0 Å². The van der Waals surface area contributed by atoms with Gasteiger partial charge in [-0.3, -0.25) is 9.78 Å². The summed E-state index contributed by atoms with van der Waals surface area (Å²) in [6.07, 6.45) is 0.852. The van der Waals surface area contributed by atoms with E-state index in [0.29, 0.717) is 58.7 Å². The summed E-state index contributed by atoms with van der Waals surface area (Å²) in [4.78, 5) is 23.8. The standard InChI is InChI=1S/C35H35F3N4O3/c36-35(37,38)25-9-5-22(6-10-25)7-11-26-19-29(34(43)42-15-3-4-27(42)20-41-13-1-2-14-41)28-16-24(17-30(39)33(28)40-26)23-8-12-31-32(18-23)45-21-44-31/h5-6,8-10,12,16-19,27H,1-4,7,11,13-15,20-21,39H2/t27-/m0/s1. The molecule has 1 aromatic heterocycles. The molecule has 2 N–H and O–H groups in total. The Labute approximate surface area is 259 Å². The second kappa shape index (κ2) is 11.9. The number of halogens is 3. The van der Waals surface area contributed by atoms with Gasteiger partial charge in [0.1, 0.15) is 0 Å². The first-order chi connectivity index (χ1) is 21.7. The predicted octanol–water partition coefficient (Wildman–Crippen LogP) is 6.72. The zero-order valence-electron chi connectivity index (χ0n) is 24.9. The zero-order chi connectivity index (χ0) is 31.1. The van der Waals surface area contributed by atoms with Crippen molar-refractivity contribution in [1.82, 2.24) is 14.8 Å². The SMILES string of the molecule is Nc1cc(-c2ccc3c(c2)OCO3)cc2c(C(=O)N3CCC[C@H]3CN3CCCC3)cc(CCc3ccc(C(F)(F)F)cc3)nc12. The lowest BCUT2D eigenvalue weighted by atomic mass is 9.97. The average Bonchev–Trinajstić information content (AvgIpc) is 3.82. The second-order valence-electron chi connectivity index (χ2n) is 12.2. The number of alkyl halides is 3. The Morgan fingerprint density at radius 2 is 1.67 bits per heavy atom. The molecular weight excluding hydrogens is 581 g/mol. The highest BCUT2D eigenvalue weighted by molar-refractivity contribution is 6.10. The van der Waals surface area contributed by atoms with Crippen LogP contribution in [0.1, 0.15) is 52.9 Å². The van der Waals surface area contributed by atoms with Gasteiger partial charge in [-0.1, -0.05) is 18.2 Å². The van der Waals surface area contributed by atoms with E-state index in [2.05, 4.69) is 4.90 Å². The van der Waals surface area contributed by atoms with Crippen molar-refractivity contribution in [2.45, 2.75) is 50.7 Å². The number of hydrogen-bond donors (Lipinski definition) is 1. The Kier molecular flexibility index (Phi) is 7.77. The van der Waals surface area contributed by atoms with Crippen molar-refractivity contribution in [3.05, 3.63) is 83.0 Å². The van der Waals surface area contributed by atoms with E-state index in [1.807, 2.05) is 41.3 Å². The smallest absolute Gasteiger partial charge is 0.416 e. The molecule has 0 unspecified atom stereocenters. The zero-order valence-corrected chi connectivity index (χ0v) is 24.9. The highest BCUT2D eigenvalue weighted by Gasteiger charge is 2.33. The highest BCUT2D eigenvalue weighted by atomic mass is 19.4. The van der Waals surface area contributed by atoms with Crippen LogP contribution in [-0.2, 0) is 19.0 Å². The van der Waals surface area contributed by atoms with Gasteiger partial charge < -0.3 is 25.0 Å². The first-order valence-corrected chi connectivity index (χ1v) is 15.6. The van der Waals surface area contributed by atoms with Crippen molar-refractivity contribution in [1.29, 1.82) is 0 Å². The lowest BCUT2D eigenvalue weighted by Gasteiger charge is -2.29.